The number of allylic oxidation sites excluding steroid dienone is 1. The summed E-state index contributed by atoms with van der Waals surface area (Å²) in [5.41, 5.74) is 1.67. The first-order valence-electron chi connectivity index (χ1n) is 6.59. The molecule has 1 aromatic carbocycles. The van der Waals surface area contributed by atoms with Crippen molar-refractivity contribution >= 4 is 29.0 Å². The topological polar surface area (TPSA) is 55.8 Å². The first-order valence-corrected chi connectivity index (χ1v) is 7.40. The van der Waals surface area contributed by atoms with E-state index >= 15 is 0 Å². The van der Waals surface area contributed by atoms with Crippen LogP contribution in [0.1, 0.15) is 11.1 Å². The highest BCUT2D eigenvalue weighted by atomic mass is 32.2. The van der Waals surface area contributed by atoms with Crippen molar-refractivity contribution in [2.45, 2.75) is 6.42 Å². The monoisotopic (exact) mass is 319 g/mol. The van der Waals surface area contributed by atoms with E-state index in [9.17, 15) is 9.59 Å². The zero-order valence-corrected chi connectivity index (χ0v) is 13.5. The number of nitrogens with zero attached hydrogens (tertiary/aromatic N) is 1. The van der Waals surface area contributed by atoms with Crippen LogP contribution < -0.4 is 9.47 Å². The van der Waals surface area contributed by atoms with Gasteiger partial charge in [0.2, 0.25) is 0 Å². The van der Waals surface area contributed by atoms with Gasteiger partial charge in [0.25, 0.3) is 11.1 Å². The summed E-state index contributed by atoms with van der Waals surface area (Å²) in [7, 11) is 4.60. The van der Waals surface area contributed by atoms with Gasteiger partial charge in [-0.15, -0.1) is 6.58 Å². The molecule has 1 aromatic rings. The molecule has 2 rings (SSSR count). The highest BCUT2D eigenvalue weighted by Crippen LogP contribution is 2.36. The van der Waals surface area contributed by atoms with Crippen molar-refractivity contribution in [3.63, 3.8) is 0 Å². The first kappa shape index (κ1) is 16.2. The van der Waals surface area contributed by atoms with Crippen LogP contribution in [0.15, 0.2) is 29.7 Å². The molecule has 2 amide bonds. The lowest BCUT2D eigenvalue weighted by atomic mass is 10.0. The number of ether oxygens (including phenoxy) is 2. The summed E-state index contributed by atoms with van der Waals surface area (Å²) in [6, 6.07) is 3.67. The number of benzene rings is 1. The number of hydrogen-bond donors (Lipinski definition) is 0. The van der Waals surface area contributed by atoms with Gasteiger partial charge in [-0.05, 0) is 42.0 Å². The van der Waals surface area contributed by atoms with Crippen LogP contribution in [-0.2, 0) is 11.2 Å². The molecule has 22 heavy (non-hydrogen) atoms. The van der Waals surface area contributed by atoms with E-state index in [4.69, 9.17) is 9.47 Å². The molecule has 0 aliphatic carbocycles. The van der Waals surface area contributed by atoms with E-state index in [2.05, 4.69) is 6.58 Å². The van der Waals surface area contributed by atoms with Crippen LogP contribution >= 0.6 is 11.8 Å². The molecule has 0 radical (unpaired) electrons. The smallest absolute Gasteiger partial charge is 0.293 e. The fraction of sp³-hybridized carbons (Fsp3) is 0.250. The fourth-order valence-electron chi connectivity index (χ4n) is 2.15. The molecule has 0 aromatic heterocycles. The van der Waals surface area contributed by atoms with Crippen LogP contribution in [0.3, 0.4) is 0 Å². The van der Waals surface area contributed by atoms with Crippen molar-refractivity contribution in [1.82, 2.24) is 4.90 Å². The molecule has 1 aliphatic rings. The third-order valence-corrected chi connectivity index (χ3v) is 4.19. The molecule has 1 aliphatic heterocycles. The third kappa shape index (κ3) is 3.01. The molecule has 1 saturated heterocycles. The summed E-state index contributed by atoms with van der Waals surface area (Å²) in [4.78, 5) is 25.0. The molecule has 0 N–H and O–H groups in total. The number of methoxy groups -OCH3 is 2. The first-order chi connectivity index (χ1) is 10.5. The molecular weight excluding hydrogens is 302 g/mol. The number of hydrogen-bond acceptors (Lipinski definition) is 5. The molecule has 0 bridgehead atoms. The van der Waals surface area contributed by atoms with Crippen molar-refractivity contribution in [3.8, 4) is 11.5 Å². The lowest BCUT2D eigenvalue weighted by molar-refractivity contribution is -0.121. The summed E-state index contributed by atoms with van der Waals surface area (Å²) in [5.74, 6) is 0.919. The number of amides is 2. The zero-order valence-electron chi connectivity index (χ0n) is 12.7. The normalized spacial score (nSPS) is 16.3. The van der Waals surface area contributed by atoms with E-state index in [-0.39, 0.29) is 11.1 Å². The molecule has 0 saturated carbocycles. The van der Waals surface area contributed by atoms with E-state index in [1.54, 1.807) is 32.4 Å². The van der Waals surface area contributed by atoms with Gasteiger partial charge in [0.1, 0.15) is 0 Å². The van der Waals surface area contributed by atoms with Crippen LogP contribution in [0, 0.1) is 0 Å². The van der Waals surface area contributed by atoms with Gasteiger partial charge < -0.3 is 9.47 Å². The van der Waals surface area contributed by atoms with Gasteiger partial charge in [0.15, 0.2) is 11.5 Å². The molecule has 6 heteroatoms. The minimum absolute atomic E-state index is 0.275. The second-order valence-corrected chi connectivity index (χ2v) is 5.64. The largest absolute Gasteiger partial charge is 0.493 e. The van der Waals surface area contributed by atoms with Crippen molar-refractivity contribution < 1.29 is 19.1 Å². The lowest BCUT2D eigenvalue weighted by Gasteiger charge is -2.13. The molecule has 116 valence electrons. The highest BCUT2D eigenvalue weighted by molar-refractivity contribution is 8.18. The maximum Gasteiger partial charge on any atom is 0.293 e. The third-order valence-electron chi connectivity index (χ3n) is 3.23. The second-order valence-electron chi connectivity index (χ2n) is 4.65. The Bertz CT molecular complexity index is 666. The molecule has 0 unspecified atom stereocenters. The van der Waals surface area contributed by atoms with E-state index in [0.29, 0.717) is 22.8 Å². The molecule has 1 heterocycles. The zero-order chi connectivity index (χ0) is 16.3. The van der Waals surface area contributed by atoms with E-state index < -0.39 is 0 Å². The van der Waals surface area contributed by atoms with E-state index in [0.717, 1.165) is 27.8 Å². The number of carbonyl (C=O) groups is 2. The maximum absolute atomic E-state index is 12.0. The lowest BCUT2D eigenvalue weighted by Crippen LogP contribution is -2.22. The Kier molecular flexibility index (Phi) is 4.92. The predicted octanol–water partition coefficient (Wildman–Crippen LogP) is 3.10. The van der Waals surface area contributed by atoms with Crippen molar-refractivity contribution in [2.75, 3.05) is 21.3 Å². The minimum atomic E-state index is -0.296. The van der Waals surface area contributed by atoms with Crippen LogP contribution in [0.5, 0.6) is 11.5 Å². The number of rotatable bonds is 5. The van der Waals surface area contributed by atoms with Gasteiger partial charge in [-0.2, -0.15) is 0 Å². The molecule has 5 nitrogen and oxygen atoms in total. The summed E-state index contributed by atoms with van der Waals surface area (Å²) >= 11 is 0.926. The molecule has 0 atom stereocenters. The van der Waals surface area contributed by atoms with Crippen LogP contribution in [0.2, 0.25) is 0 Å². The minimum Gasteiger partial charge on any atom is -0.493 e. The van der Waals surface area contributed by atoms with Crippen molar-refractivity contribution in [2.24, 2.45) is 0 Å². The summed E-state index contributed by atoms with van der Waals surface area (Å²) < 4.78 is 10.7. The van der Waals surface area contributed by atoms with Crippen molar-refractivity contribution in [1.29, 1.82) is 0 Å². The number of imide groups is 1. The van der Waals surface area contributed by atoms with Gasteiger partial charge >= 0.3 is 0 Å². The number of carbonyl (C=O) groups excluding carboxylic acids is 2. The van der Waals surface area contributed by atoms with E-state index in [1.165, 1.54) is 7.05 Å². The van der Waals surface area contributed by atoms with Gasteiger partial charge in [-0.3, -0.25) is 14.5 Å². The van der Waals surface area contributed by atoms with Gasteiger partial charge in [0.05, 0.1) is 19.1 Å². The SMILES string of the molecule is C=CCc1cc(/C=C2\SC(=O)N(C)C2=O)cc(OC)c1OC. The Morgan fingerprint density at radius 3 is 2.50 bits per heavy atom. The average molecular weight is 319 g/mol. The second kappa shape index (κ2) is 6.70. The van der Waals surface area contributed by atoms with Gasteiger partial charge in [0, 0.05) is 12.6 Å². The number of thioether (sulfide) groups is 1. The molecular formula is C16H17NO4S. The summed E-state index contributed by atoms with van der Waals surface area (Å²) in [6.07, 6.45) is 4.06. The van der Waals surface area contributed by atoms with Crippen LogP contribution in [0.25, 0.3) is 6.08 Å². The summed E-state index contributed by atoms with van der Waals surface area (Å²) in [5, 5.41) is -0.275. The van der Waals surface area contributed by atoms with Crippen LogP contribution in [-0.4, -0.2) is 37.3 Å². The Balaban J connectivity index is 2.48. The maximum atomic E-state index is 12.0. The number of likely N-dealkylation sites (N-methyl/N-ethyl adjacent to an activating group) is 1. The highest BCUT2D eigenvalue weighted by Gasteiger charge is 2.31. The Hall–Kier alpha value is -2.21. The molecule has 1 fully saturated rings. The fourth-order valence-corrected chi connectivity index (χ4v) is 2.98. The Labute approximate surface area is 133 Å². The van der Waals surface area contributed by atoms with Gasteiger partial charge in [-0.25, -0.2) is 0 Å². The molecule has 0 spiro atoms. The van der Waals surface area contributed by atoms with Crippen molar-refractivity contribution in [3.05, 3.63) is 40.8 Å². The quantitative estimate of drug-likeness (QED) is 0.616. The van der Waals surface area contributed by atoms with Crippen LogP contribution in [0.4, 0.5) is 4.79 Å². The Morgan fingerprint density at radius 1 is 1.27 bits per heavy atom. The van der Waals surface area contributed by atoms with Gasteiger partial charge in [-0.1, -0.05) is 6.08 Å². The summed E-state index contributed by atoms with van der Waals surface area (Å²) in [6.45, 7) is 3.73. The predicted molar refractivity (Wildman–Crippen MR) is 87.2 cm³/mol. The average Bonchev–Trinajstić information content (AvgIpc) is 2.74. The standard InChI is InChI=1S/C16H17NO4S/c1-5-6-11-7-10(8-12(20-3)14(11)21-4)9-13-15(18)17(2)16(19)22-13/h5,7-9H,1,6H2,2-4H3/b13-9-. The Morgan fingerprint density at radius 2 is 2.00 bits per heavy atom. The van der Waals surface area contributed by atoms with E-state index in [1.807, 2.05) is 6.07 Å².